The van der Waals surface area contributed by atoms with Gasteiger partial charge in [-0.25, -0.2) is 0 Å². The molecule has 0 saturated carbocycles. The van der Waals surface area contributed by atoms with Gasteiger partial charge in [0, 0.05) is 0 Å². The lowest BCUT2D eigenvalue weighted by Crippen LogP contribution is -2.28. The van der Waals surface area contributed by atoms with Crippen LogP contribution in [-0.2, 0) is 6.42 Å². The van der Waals surface area contributed by atoms with E-state index in [-0.39, 0.29) is 0 Å². The van der Waals surface area contributed by atoms with Crippen molar-refractivity contribution in [3.63, 3.8) is 0 Å². The van der Waals surface area contributed by atoms with Crippen LogP contribution in [0.3, 0.4) is 0 Å². The minimum atomic E-state index is 0.737. The highest BCUT2D eigenvalue weighted by molar-refractivity contribution is 5.15. The Morgan fingerprint density at radius 1 is 0.889 bits per heavy atom. The lowest BCUT2D eigenvalue weighted by Gasteiger charge is -2.20. The molecule has 0 saturated heterocycles. The lowest BCUT2D eigenvalue weighted by atomic mass is 9.91. The van der Waals surface area contributed by atoms with Gasteiger partial charge in [0.05, 0.1) is 0 Å². The summed E-state index contributed by atoms with van der Waals surface area (Å²) in [6, 6.07) is 10.9. The molecule has 1 atom stereocenters. The molecule has 0 aliphatic heterocycles. The van der Waals surface area contributed by atoms with Gasteiger partial charge in [0.25, 0.3) is 0 Å². The molecule has 0 radical (unpaired) electrons. The van der Waals surface area contributed by atoms with E-state index < -0.39 is 0 Å². The zero-order valence-electron chi connectivity index (χ0n) is 12.4. The molecule has 102 valence electrons. The summed E-state index contributed by atoms with van der Waals surface area (Å²) in [6.07, 6.45) is 2.50. The first-order valence-corrected chi connectivity index (χ1v) is 7.32. The van der Waals surface area contributed by atoms with Crippen LogP contribution in [0.4, 0.5) is 0 Å². The Morgan fingerprint density at radius 2 is 1.56 bits per heavy atom. The monoisotopic (exact) mass is 247 g/mol. The molecule has 1 N–H and O–H groups in total. The van der Waals surface area contributed by atoms with Crippen molar-refractivity contribution in [3.05, 3.63) is 35.9 Å². The van der Waals surface area contributed by atoms with E-state index in [0.29, 0.717) is 0 Å². The van der Waals surface area contributed by atoms with Gasteiger partial charge in [-0.2, -0.15) is 0 Å². The molecule has 1 heteroatoms. The van der Waals surface area contributed by atoms with E-state index >= 15 is 0 Å². The predicted molar refractivity (Wildman–Crippen MR) is 80.8 cm³/mol. The molecule has 0 fully saturated rings. The number of hydrogen-bond donors (Lipinski definition) is 1. The molecular weight excluding hydrogens is 218 g/mol. The average Bonchev–Trinajstić information content (AvgIpc) is 2.28. The minimum Gasteiger partial charge on any atom is -0.316 e. The van der Waals surface area contributed by atoms with Crippen LogP contribution in [0.1, 0.15) is 39.7 Å². The van der Waals surface area contributed by atoms with E-state index in [2.05, 4.69) is 63.3 Å². The summed E-state index contributed by atoms with van der Waals surface area (Å²) < 4.78 is 0. The second-order valence-corrected chi connectivity index (χ2v) is 6.24. The van der Waals surface area contributed by atoms with Crippen molar-refractivity contribution in [1.29, 1.82) is 0 Å². The molecule has 0 aliphatic carbocycles. The zero-order chi connectivity index (χ0) is 13.4. The second kappa shape index (κ2) is 8.31. The largest absolute Gasteiger partial charge is 0.316 e. The van der Waals surface area contributed by atoms with Crippen molar-refractivity contribution in [1.82, 2.24) is 5.32 Å². The molecule has 1 aromatic carbocycles. The second-order valence-electron chi connectivity index (χ2n) is 6.24. The Morgan fingerprint density at radius 3 is 2.11 bits per heavy atom. The number of rotatable bonds is 8. The maximum Gasteiger partial charge on any atom is -0.00171 e. The summed E-state index contributed by atoms with van der Waals surface area (Å²) in [7, 11) is 0. The molecule has 1 rings (SSSR count). The molecule has 1 unspecified atom stereocenters. The topological polar surface area (TPSA) is 12.0 Å². The fraction of sp³-hybridized carbons (Fsp3) is 0.647. The number of benzene rings is 1. The highest BCUT2D eigenvalue weighted by Gasteiger charge is 2.11. The van der Waals surface area contributed by atoms with Gasteiger partial charge in [0.1, 0.15) is 0 Å². The molecule has 1 nitrogen and oxygen atoms in total. The van der Waals surface area contributed by atoms with Crippen molar-refractivity contribution >= 4 is 0 Å². The van der Waals surface area contributed by atoms with Gasteiger partial charge >= 0.3 is 0 Å². The molecule has 0 bridgehead atoms. The smallest absolute Gasteiger partial charge is 0.00171 e. The molecule has 0 spiro atoms. The van der Waals surface area contributed by atoms with Crippen molar-refractivity contribution in [2.45, 2.75) is 40.5 Å². The summed E-state index contributed by atoms with van der Waals surface area (Å²) in [5.74, 6) is 2.27. The standard InChI is InChI=1S/C17H29N/c1-14(2)10-17(13-18-12-15(3)4)11-16-8-6-5-7-9-16/h5-9,14-15,17-18H,10-13H2,1-4H3. The van der Waals surface area contributed by atoms with Crippen LogP contribution < -0.4 is 5.32 Å². The van der Waals surface area contributed by atoms with Crippen LogP contribution in [0.25, 0.3) is 0 Å². The maximum absolute atomic E-state index is 3.61. The third-order valence-corrected chi connectivity index (χ3v) is 3.16. The average molecular weight is 247 g/mol. The van der Waals surface area contributed by atoms with Crippen LogP contribution in [0.15, 0.2) is 30.3 Å². The number of nitrogens with one attached hydrogen (secondary N) is 1. The Labute approximate surface area is 113 Å². The molecule has 1 aromatic rings. The van der Waals surface area contributed by atoms with Crippen molar-refractivity contribution in [2.75, 3.05) is 13.1 Å². The van der Waals surface area contributed by atoms with Gasteiger partial charge in [-0.1, -0.05) is 58.0 Å². The van der Waals surface area contributed by atoms with Gasteiger partial charge < -0.3 is 5.32 Å². The fourth-order valence-corrected chi connectivity index (χ4v) is 2.43. The van der Waals surface area contributed by atoms with E-state index in [1.54, 1.807) is 0 Å². The summed E-state index contributed by atoms with van der Waals surface area (Å²) in [5.41, 5.74) is 1.47. The van der Waals surface area contributed by atoms with Crippen LogP contribution >= 0.6 is 0 Å². The van der Waals surface area contributed by atoms with E-state index in [1.165, 1.54) is 18.4 Å². The normalized spacial score (nSPS) is 13.2. The molecular formula is C17H29N. The third kappa shape index (κ3) is 6.80. The highest BCUT2D eigenvalue weighted by atomic mass is 14.9. The molecule has 0 heterocycles. The van der Waals surface area contributed by atoms with Crippen molar-refractivity contribution < 1.29 is 0 Å². The summed E-state index contributed by atoms with van der Waals surface area (Å²) in [6.45, 7) is 11.4. The molecule has 18 heavy (non-hydrogen) atoms. The first kappa shape index (κ1) is 15.2. The van der Waals surface area contributed by atoms with Gasteiger partial charge in [-0.15, -0.1) is 0 Å². The van der Waals surface area contributed by atoms with Crippen molar-refractivity contribution in [2.24, 2.45) is 17.8 Å². The fourth-order valence-electron chi connectivity index (χ4n) is 2.43. The Kier molecular flexibility index (Phi) is 7.04. The van der Waals surface area contributed by atoms with Gasteiger partial charge in [-0.05, 0) is 49.2 Å². The van der Waals surface area contributed by atoms with E-state index in [9.17, 15) is 0 Å². The maximum atomic E-state index is 3.61. The quantitative estimate of drug-likeness (QED) is 0.728. The van der Waals surface area contributed by atoms with Crippen LogP contribution in [0.2, 0.25) is 0 Å². The zero-order valence-corrected chi connectivity index (χ0v) is 12.4. The predicted octanol–water partition coefficient (Wildman–Crippen LogP) is 4.14. The van der Waals surface area contributed by atoms with Crippen LogP contribution in [-0.4, -0.2) is 13.1 Å². The summed E-state index contributed by atoms with van der Waals surface area (Å²) >= 11 is 0. The lowest BCUT2D eigenvalue weighted by molar-refractivity contribution is 0.376. The number of hydrogen-bond acceptors (Lipinski definition) is 1. The third-order valence-electron chi connectivity index (χ3n) is 3.16. The van der Waals surface area contributed by atoms with E-state index in [4.69, 9.17) is 0 Å². The molecule has 0 aromatic heterocycles. The Hall–Kier alpha value is -0.820. The Balaban J connectivity index is 2.45. The first-order valence-electron chi connectivity index (χ1n) is 7.32. The summed E-state index contributed by atoms with van der Waals surface area (Å²) in [5, 5.41) is 3.61. The van der Waals surface area contributed by atoms with Crippen molar-refractivity contribution in [3.8, 4) is 0 Å². The van der Waals surface area contributed by atoms with Gasteiger partial charge in [0.2, 0.25) is 0 Å². The molecule has 0 amide bonds. The van der Waals surface area contributed by atoms with Gasteiger partial charge in [0.15, 0.2) is 0 Å². The highest BCUT2D eigenvalue weighted by Crippen LogP contribution is 2.16. The SMILES string of the molecule is CC(C)CNCC(Cc1ccccc1)CC(C)C. The van der Waals surface area contributed by atoms with Crippen LogP contribution in [0, 0.1) is 17.8 Å². The minimum absolute atomic E-state index is 0.737. The van der Waals surface area contributed by atoms with E-state index in [0.717, 1.165) is 30.8 Å². The Bertz CT molecular complexity index is 303. The first-order chi connectivity index (χ1) is 8.58. The van der Waals surface area contributed by atoms with E-state index in [1.807, 2.05) is 0 Å². The van der Waals surface area contributed by atoms with Crippen LogP contribution in [0.5, 0.6) is 0 Å². The van der Waals surface area contributed by atoms with Gasteiger partial charge in [-0.3, -0.25) is 0 Å². The summed E-state index contributed by atoms with van der Waals surface area (Å²) in [4.78, 5) is 0. The molecule has 0 aliphatic rings.